The van der Waals surface area contributed by atoms with E-state index in [-0.39, 0.29) is 5.92 Å². The van der Waals surface area contributed by atoms with Gasteiger partial charge in [-0.1, -0.05) is 13.8 Å². The minimum atomic E-state index is -0.789. The van der Waals surface area contributed by atoms with E-state index in [4.69, 9.17) is 9.47 Å². The molecular formula is C10H23NO3. The first-order valence-corrected chi connectivity index (χ1v) is 4.98. The van der Waals surface area contributed by atoms with Crippen LogP contribution in [0, 0.1) is 5.92 Å². The van der Waals surface area contributed by atoms with Gasteiger partial charge in [0, 0.05) is 27.3 Å². The second kappa shape index (κ2) is 7.17. The largest absolute Gasteiger partial charge is 0.386 e. The van der Waals surface area contributed by atoms with Gasteiger partial charge in [0.15, 0.2) is 0 Å². The fraction of sp³-hybridized carbons (Fsp3) is 1.00. The normalized spacial score (nSPS) is 15.9. The van der Waals surface area contributed by atoms with Crippen LogP contribution in [0.3, 0.4) is 0 Å². The molecule has 4 heteroatoms. The van der Waals surface area contributed by atoms with Crippen molar-refractivity contribution in [2.45, 2.75) is 19.4 Å². The first-order valence-electron chi connectivity index (χ1n) is 4.98. The van der Waals surface area contributed by atoms with Crippen molar-refractivity contribution in [3.63, 3.8) is 0 Å². The third-order valence-corrected chi connectivity index (χ3v) is 2.38. The summed E-state index contributed by atoms with van der Waals surface area (Å²) in [6, 6.07) is 0. The number of ether oxygens (including phenoxy) is 2. The lowest BCUT2D eigenvalue weighted by Gasteiger charge is -2.31. The number of aliphatic hydroxyl groups is 1. The van der Waals surface area contributed by atoms with Gasteiger partial charge in [0.25, 0.3) is 0 Å². The maximum absolute atomic E-state index is 10.2. The van der Waals surface area contributed by atoms with Gasteiger partial charge >= 0.3 is 0 Å². The molecule has 0 aromatic rings. The Morgan fingerprint density at radius 1 is 1.29 bits per heavy atom. The molecule has 0 aliphatic rings. The fourth-order valence-electron chi connectivity index (χ4n) is 1.15. The van der Waals surface area contributed by atoms with Crippen LogP contribution in [0.2, 0.25) is 0 Å². The third-order valence-electron chi connectivity index (χ3n) is 2.38. The standard InChI is InChI=1S/C10H23NO3/c1-9(2)10(12,8-14-4)7-11-5-6-13-3/h9,11-12H,5-8H2,1-4H3. The number of hydrogen-bond acceptors (Lipinski definition) is 4. The van der Waals surface area contributed by atoms with Gasteiger partial charge in [-0.05, 0) is 5.92 Å². The van der Waals surface area contributed by atoms with Crippen molar-refractivity contribution in [2.75, 3.05) is 40.5 Å². The predicted molar refractivity (Wildman–Crippen MR) is 56.4 cm³/mol. The second-order valence-electron chi connectivity index (χ2n) is 3.86. The molecule has 14 heavy (non-hydrogen) atoms. The van der Waals surface area contributed by atoms with E-state index >= 15 is 0 Å². The van der Waals surface area contributed by atoms with Crippen molar-refractivity contribution in [1.82, 2.24) is 5.32 Å². The van der Waals surface area contributed by atoms with E-state index in [1.807, 2.05) is 13.8 Å². The highest BCUT2D eigenvalue weighted by molar-refractivity contribution is 4.84. The number of hydrogen-bond donors (Lipinski definition) is 2. The molecule has 0 aliphatic heterocycles. The summed E-state index contributed by atoms with van der Waals surface area (Å²) in [7, 11) is 3.26. The molecule has 0 saturated heterocycles. The van der Waals surface area contributed by atoms with Crippen LogP contribution in [0.15, 0.2) is 0 Å². The first-order chi connectivity index (χ1) is 6.56. The Kier molecular flexibility index (Phi) is 7.09. The molecule has 0 aliphatic carbocycles. The van der Waals surface area contributed by atoms with Crippen molar-refractivity contribution < 1.29 is 14.6 Å². The molecule has 0 heterocycles. The molecule has 0 bridgehead atoms. The third kappa shape index (κ3) is 4.91. The van der Waals surface area contributed by atoms with E-state index in [9.17, 15) is 5.11 Å². The van der Waals surface area contributed by atoms with Crippen LogP contribution >= 0.6 is 0 Å². The SMILES string of the molecule is COCCNCC(O)(COC)C(C)C. The molecule has 0 fully saturated rings. The molecule has 0 radical (unpaired) electrons. The molecule has 0 amide bonds. The van der Waals surface area contributed by atoms with E-state index in [1.165, 1.54) is 0 Å². The van der Waals surface area contributed by atoms with Crippen LogP contribution in [0.4, 0.5) is 0 Å². The summed E-state index contributed by atoms with van der Waals surface area (Å²) in [5.74, 6) is 0.164. The van der Waals surface area contributed by atoms with Gasteiger partial charge < -0.3 is 19.9 Å². The molecule has 0 aromatic heterocycles. The average Bonchev–Trinajstić information content (AvgIpc) is 2.13. The average molecular weight is 205 g/mol. The Hall–Kier alpha value is -0.160. The summed E-state index contributed by atoms with van der Waals surface area (Å²) >= 11 is 0. The van der Waals surface area contributed by atoms with Crippen LogP contribution in [-0.4, -0.2) is 51.2 Å². The summed E-state index contributed by atoms with van der Waals surface area (Å²) in [5.41, 5.74) is -0.789. The van der Waals surface area contributed by atoms with Crippen LogP contribution in [0.5, 0.6) is 0 Å². The molecule has 0 aromatic carbocycles. The van der Waals surface area contributed by atoms with Crippen molar-refractivity contribution in [1.29, 1.82) is 0 Å². The van der Waals surface area contributed by atoms with Gasteiger partial charge in [-0.15, -0.1) is 0 Å². The van der Waals surface area contributed by atoms with Gasteiger partial charge in [-0.2, -0.15) is 0 Å². The van der Waals surface area contributed by atoms with E-state index in [1.54, 1.807) is 14.2 Å². The topological polar surface area (TPSA) is 50.7 Å². The van der Waals surface area contributed by atoms with Crippen LogP contribution in [0.1, 0.15) is 13.8 Å². The number of nitrogens with one attached hydrogen (secondary N) is 1. The molecule has 0 saturated carbocycles. The molecule has 2 N–H and O–H groups in total. The maximum Gasteiger partial charge on any atom is 0.103 e. The van der Waals surface area contributed by atoms with Crippen molar-refractivity contribution in [2.24, 2.45) is 5.92 Å². The summed E-state index contributed by atoms with van der Waals surface area (Å²) in [5, 5.41) is 13.3. The molecule has 86 valence electrons. The Labute approximate surface area is 86.6 Å². The monoisotopic (exact) mass is 205 g/mol. The number of methoxy groups -OCH3 is 2. The van der Waals surface area contributed by atoms with Crippen LogP contribution < -0.4 is 5.32 Å². The van der Waals surface area contributed by atoms with Crippen molar-refractivity contribution >= 4 is 0 Å². The van der Waals surface area contributed by atoms with Crippen LogP contribution in [-0.2, 0) is 9.47 Å². The van der Waals surface area contributed by atoms with Crippen molar-refractivity contribution in [3.05, 3.63) is 0 Å². The minimum absolute atomic E-state index is 0.164. The highest BCUT2D eigenvalue weighted by Crippen LogP contribution is 2.16. The lowest BCUT2D eigenvalue weighted by molar-refractivity contribution is -0.0628. The molecule has 0 rings (SSSR count). The zero-order chi connectivity index (χ0) is 11.0. The summed E-state index contributed by atoms with van der Waals surface area (Å²) in [6.45, 7) is 6.25. The molecule has 1 atom stereocenters. The summed E-state index contributed by atoms with van der Waals surface area (Å²) in [4.78, 5) is 0. The lowest BCUT2D eigenvalue weighted by atomic mass is 9.91. The summed E-state index contributed by atoms with van der Waals surface area (Å²) < 4.78 is 9.91. The molecule has 1 unspecified atom stereocenters. The first kappa shape index (κ1) is 13.8. The van der Waals surface area contributed by atoms with E-state index in [0.29, 0.717) is 19.8 Å². The van der Waals surface area contributed by atoms with Crippen molar-refractivity contribution in [3.8, 4) is 0 Å². The van der Waals surface area contributed by atoms with Crippen LogP contribution in [0.25, 0.3) is 0 Å². The van der Waals surface area contributed by atoms with Gasteiger partial charge in [0.1, 0.15) is 5.60 Å². The van der Waals surface area contributed by atoms with E-state index in [0.717, 1.165) is 6.54 Å². The number of rotatable bonds is 8. The van der Waals surface area contributed by atoms with E-state index in [2.05, 4.69) is 5.32 Å². The molecular weight excluding hydrogens is 182 g/mol. The lowest BCUT2D eigenvalue weighted by Crippen LogP contribution is -2.49. The van der Waals surface area contributed by atoms with E-state index < -0.39 is 5.60 Å². The Morgan fingerprint density at radius 2 is 1.93 bits per heavy atom. The van der Waals surface area contributed by atoms with Gasteiger partial charge in [-0.3, -0.25) is 0 Å². The quantitative estimate of drug-likeness (QED) is 0.558. The highest BCUT2D eigenvalue weighted by atomic mass is 16.5. The molecule has 4 nitrogen and oxygen atoms in total. The zero-order valence-corrected chi connectivity index (χ0v) is 9.67. The zero-order valence-electron chi connectivity index (χ0n) is 9.67. The fourth-order valence-corrected chi connectivity index (χ4v) is 1.15. The van der Waals surface area contributed by atoms with Gasteiger partial charge in [0.2, 0.25) is 0 Å². The Balaban J connectivity index is 3.84. The second-order valence-corrected chi connectivity index (χ2v) is 3.86. The Bertz CT molecular complexity index is 141. The smallest absolute Gasteiger partial charge is 0.103 e. The van der Waals surface area contributed by atoms with Gasteiger partial charge in [-0.25, -0.2) is 0 Å². The minimum Gasteiger partial charge on any atom is -0.386 e. The molecule has 0 spiro atoms. The highest BCUT2D eigenvalue weighted by Gasteiger charge is 2.30. The predicted octanol–water partition coefficient (Wildman–Crippen LogP) is 0.256. The summed E-state index contributed by atoms with van der Waals surface area (Å²) in [6.07, 6.45) is 0. The van der Waals surface area contributed by atoms with Gasteiger partial charge in [0.05, 0.1) is 13.2 Å². The Morgan fingerprint density at radius 3 is 2.36 bits per heavy atom. The maximum atomic E-state index is 10.2.